The van der Waals surface area contributed by atoms with Crippen LogP contribution in [0.3, 0.4) is 0 Å². The molecule has 1 fully saturated rings. The molecule has 0 unspecified atom stereocenters. The van der Waals surface area contributed by atoms with Crippen molar-refractivity contribution in [1.82, 2.24) is 9.80 Å². The fourth-order valence-electron chi connectivity index (χ4n) is 4.40. The van der Waals surface area contributed by atoms with Crippen molar-refractivity contribution in [3.63, 3.8) is 0 Å². The van der Waals surface area contributed by atoms with E-state index in [-0.39, 0.29) is 24.3 Å². The predicted octanol–water partition coefficient (Wildman–Crippen LogP) is 2.99. The number of para-hydroxylation sites is 3. The van der Waals surface area contributed by atoms with Gasteiger partial charge in [-0.05, 0) is 36.4 Å². The third-order valence-electron chi connectivity index (χ3n) is 6.16. The van der Waals surface area contributed by atoms with Crippen LogP contribution in [0, 0.1) is 0 Å². The SMILES string of the molecule is CN1C(=O)c2ccccc2N(C(=O)CN2CCN(C(=O)c3ccco3)CC2)c2ccccc21. The maximum atomic E-state index is 13.6. The highest BCUT2D eigenvalue weighted by atomic mass is 16.3. The highest BCUT2D eigenvalue weighted by Gasteiger charge is 2.33. The van der Waals surface area contributed by atoms with Gasteiger partial charge in [-0.2, -0.15) is 0 Å². The summed E-state index contributed by atoms with van der Waals surface area (Å²) in [6.07, 6.45) is 1.49. The molecule has 0 aliphatic carbocycles. The highest BCUT2D eigenvalue weighted by Crippen LogP contribution is 2.40. The van der Waals surface area contributed by atoms with Crippen molar-refractivity contribution >= 4 is 34.8 Å². The summed E-state index contributed by atoms with van der Waals surface area (Å²) in [4.78, 5) is 46.2. The number of piperazine rings is 1. The van der Waals surface area contributed by atoms with Crippen molar-refractivity contribution in [2.45, 2.75) is 0 Å². The minimum absolute atomic E-state index is 0.121. The number of carbonyl (C=O) groups excluding carboxylic acids is 3. The zero-order valence-corrected chi connectivity index (χ0v) is 18.3. The Hall–Kier alpha value is -3.91. The Morgan fingerprint density at radius 3 is 2.21 bits per heavy atom. The van der Waals surface area contributed by atoms with E-state index in [0.717, 1.165) is 0 Å². The minimum Gasteiger partial charge on any atom is -0.459 e. The third-order valence-corrected chi connectivity index (χ3v) is 6.16. The van der Waals surface area contributed by atoms with Crippen LogP contribution in [0.1, 0.15) is 20.9 Å². The molecule has 0 atom stereocenters. The molecule has 168 valence electrons. The maximum Gasteiger partial charge on any atom is 0.289 e. The third kappa shape index (κ3) is 3.78. The predicted molar refractivity (Wildman–Crippen MR) is 124 cm³/mol. The number of hydrogen-bond donors (Lipinski definition) is 0. The van der Waals surface area contributed by atoms with Crippen LogP contribution in [-0.2, 0) is 4.79 Å². The van der Waals surface area contributed by atoms with Gasteiger partial charge in [0.25, 0.3) is 11.8 Å². The largest absolute Gasteiger partial charge is 0.459 e. The van der Waals surface area contributed by atoms with Gasteiger partial charge in [-0.15, -0.1) is 0 Å². The molecular weight excluding hydrogens is 420 g/mol. The zero-order chi connectivity index (χ0) is 22.9. The lowest BCUT2D eigenvalue weighted by Crippen LogP contribution is -2.51. The zero-order valence-electron chi connectivity index (χ0n) is 18.3. The Labute approximate surface area is 191 Å². The van der Waals surface area contributed by atoms with Crippen LogP contribution in [0.2, 0.25) is 0 Å². The summed E-state index contributed by atoms with van der Waals surface area (Å²) < 4.78 is 5.22. The molecule has 3 aromatic rings. The van der Waals surface area contributed by atoms with Gasteiger partial charge in [-0.1, -0.05) is 24.3 Å². The van der Waals surface area contributed by atoms with Crippen LogP contribution in [0.15, 0.2) is 71.3 Å². The molecule has 8 nitrogen and oxygen atoms in total. The summed E-state index contributed by atoms with van der Waals surface area (Å²) in [5.74, 6) is -0.0868. The first-order valence-electron chi connectivity index (χ1n) is 10.9. The lowest BCUT2D eigenvalue weighted by Gasteiger charge is -2.35. The molecule has 0 saturated carbocycles. The average Bonchev–Trinajstić information content (AvgIpc) is 3.36. The summed E-state index contributed by atoms with van der Waals surface area (Å²) in [5, 5.41) is 0. The van der Waals surface area contributed by atoms with E-state index >= 15 is 0 Å². The van der Waals surface area contributed by atoms with Crippen molar-refractivity contribution < 1.29 is 18.8 Å². The second-order valence-electron chi connectivity index (χ2n) is 8.14. The summed E-state index contributed by atoms with van der Waals surface area (Å²) in [7, 11) is 1.72. The fraction of sp³-hybridized carbons (Fsp3) is 0.240. The smallest absolute Gasteiger partial charge is 0.289 e. The number of furan rings is 1. The van der Waals surface area contributed by atoms with Crippen molar-refractivity contribution in [2.75, 3.05) is 49.6 Å². The van der Waals surface area contributed by atoms with Crippen LogP contribution < -0.4 is 9.80 Å². The first-order chi connectivity index (χ1) is 16.0. The molecule has 5 rings (SSSR count). The molecule has 8 heteroatoms. The van der Waals surface area contributed by atoms with Gasteiger partial charge in [-0.25, -0.2) is 0 Å². The number of anilines is 3. The van der Waals surface area contributed by atoms with Gasteiger partial charge in [0.2, 0.25) is 5.91 Å². The number of rotatable bonds is 3. The Bertz CT molecular complexity index is 1200. The van der Waals surface area contributed by atoms with Crippen LogP contribution in [0.5, 0.6) is 0 Å². The maximum absolute atomic E-state index is 13.6. The molecule has 2 aromatic carbocycles. The molecule has 0 bridgehead atoms. The second-order valence-corrected chi connectivity index (χ2v) is 8.14. The molecule has 3 heterocycles. The van der Waals surface area contributed by atoms with Gasteiger partial charge in [-0.3, -0.25) is 24.2 Å². The number of fused-ring (bicyclic) bond motifs is 2. The fourth-order valence-corrected chi connectivity index (χ4v) is 4.40. The van der Waals surface area contributed by atoms with E-state index in [1.165, 1.54) is 6.26 Å². The number of benzene rings is 2. The molecule has 2 aliphatic heterocycles. The van der Waals surface area contributed by atoms with Crippen molar-refractivity contribution in [2.24, 2.45) is 0 Å². The Morgan fingerprint density at radius 1 is 0.848 bits per heavy atom. The van der Waals surface area contributed by atoms with E-state index < -0.39 is 0 Å². The normalized spacial score (nSPS) is 16.3. The topological polar surface area (TPSA) is 77.3 Å². The summed E-state index contributed by atoms with van der Waals surface area (Å²) in [6, 6.07) is 18.0. The Balaban J connectivity index is 1.37. The van der Waals surface area contributed by atoms with Gasteiger partial charge >= 0.3 is 0 Å². The number of amides is 3. The second kappa shape index (κ2) is 8.55. The summed E-state index contributed by atoms with van der Waals surface area (Å²) in [6.45, 7) is 2.37. The molecule has 3 amide bonds. The first-order valence-corrected chi connectivity index (χ1v) is 10.9. The van der Waals surface area contributed by atoms with Gasteiger partial charge in [0.1, 0.15) is 0 Å². The van der Waals surface area contributed by atoms with Crippen molar-refractivity contribution in [1.29, 1.82) is 0 Å². The van der Waals surface area contributed by atoms with Gasteiger partial charge < -0.3 is 14.2 Å². The Kier molecular flexibility index (Phi) is 5.43. The van der Waals surface area contributed by atoms with E-state index in [4.69, 9.17) is 4.42 Å². The number of carbonyl (C=O) groups is 3. The van der Waals surface area contributed by atoms with E-state index in [1.54, 1.807) is 52.1 Å². The molecule has 0 spiro atoms. The van der Waals surface area contributed by atoms with Crippen LogP contribution in [0.4, 0.5) is 17.1 Å². The molecule has 1 aromatic heterocycles. The van der Waals surface area contributed by atoms with Gasteiger partial charge in [0.15, 0.2) is 5.76 Å². The van der Waals surface area contributed by atoms with E-state index in [9.17, 15) is 14.4 Å². The van der Waals surface area contributed by atoms with Crippen LogP contribution in [0.25, 0.3) is 0 Å². The van der Waals surface area contributed by atoms with Crippen molar-refractivity contribution in [3.05, 3.63) is 78.3 Å². The quantitative estimate of drug-likeness (QED) is 0.621. The lowest BCUT2D eigenvalue weighted by atomic mass is 10.1. The monoisotopic (exact) mass is 444 g/mol. The highest BCUT2D eigenvalue weighted by molar-refractivity contribution is 6.18. The molecule has 1 saturated heterocycles. The van der Waals surface area contributed by atoms with E-state index in [2.05, 4.69) is 0 Å². The standard InChI is InChI=1S/C25H24N4O4/c1-26-20-9-4-5-10-21(20)29(19-8-3-2-7-18(19)24(26)31)23(30)17-27-12-14-28(15-13-27)25(32)22-11-6-16-33-22/h2-11,16H,12-15,17H2,1H3. The minimum atomic E-state index is -0.154. The van der Waals surface area contributed by atoms with Crippen LogP contribution in [-0.4, -0.2) is 67.3 Å². The summed E-state index contributed by atoms with van der Waals surface area (Å²) >= 11 is 0. The summed E-state index contributed by atoms with van der Waals surface area (Å²) in [5.41, 5.74) is 2.42. The molecule has 33 heavy (non-hydrogen) atoms. The lowest BCUT2D eigenvalue weighted by molar-refractivity contribution is -0.119. The first kappa shape index (κ1) is 21.0. The van der Waals surface area contributed by atoms with Crippen molar-refractivity contribution in [3.8, 4) is 0 Å². The van der Waals surface area contributed by atoms with E-state index in [1.807, 2.05) is 35.2 Å². The van der Waals surface area contributed by atoms with Gasteiger partial charge in [0, 0.05) is 33.2 Å². The van der Waals surface area contributed by atoms with E-state index in [0.29, 0.717) is 54.6 Å². The average molecular weight is 444 g/mol. The number of nitrogens with zero attached hydrogens (tertiary/aromatic N) is 4. The Morgan fingerprint density at radius 2 is 1.52 bits per heavy atom. The number of hydrogen-bond acceptors (Lipinski definition) is 5. The molecular formula is C25H24N4O4. The molecule has 2 aliphatic rings. The molecule has 0 radical (unpaired) electrons. The van der Waals surface area contributed by atoms with Crippen LogP contribution >= 0.6 is 0 Å². The van der Waals surface area contributed by atoms with Gasteiger partial charge in [0.05, 0.1) is 35.4 Å². The molecule has 0 N–H and O–H groups in total.